The Morgan fingerprint density at radius 3 is 3.07 bits per heavy atom. The average Bonchev–Trinajstić information content (AvgIpc) is 2.67. The number of hydrogen-bond donors (Lipinski definition) is 0. The first kappa shape index (κ1) is 9.33. The van der Waals surface area contributed by atoms with Gasteiger partial charge >= 0.3 is 0 Å². The van der Waals surface area contributed by atoms with Gasteiger partial charge in [-0.3, -0.25) is 4.79 Å². The maximum absolute atomic E-state index is 11.5. The molecule has 1 aromatic heterocycles. The summed E-state index contributed by atoms with van der Waals surface area (Å²) in [7, 11) is 0. The van der Waals surface area contributed by atoms with Gasteiger partial charge in [-0.05, 0) is 0 Å². The second-order valence-corrected chi connectivity index (χ2v) is 3.25. The Kier molecular flexibility index (Phi) is 2.58. The highest BCUT2D eigenvalue weighted by Gasteiger charge is 2.29. The molecule has 0 N–H and O–H groups in total. The Morgan fingerprint density at radius 2 is 2.43 bits per heavy atom. The van der Waals surface area contributed by atoms with Crippen molar-refractivity contribution in [2.75, 3.05) is 13.2 Å². The molecule has 1 aromatic rings. The highest BCUT2D eigenvalue weighted by molar-refractivity contribution is 5.85. The monoisotopic (exact) mass is 196 g/mol. The SMILES string of the molecule is CCc1noc(C2COCCC2=O)n1. The van der Waals surface area contributed by atoms with Crippen molar-refractivity contribution >= 4 is 5.78 Å². The topological polar surface area (TPSA) is 65.2 Å². The van der Waals surface area contributed by atoms with Crippen LogP contribution in [0.15, 0.2) is 4.52 Å². The minimum Gasteiger partial charge on any atom is -0.380 e. The number of ketones is 1. The Hall–Kier alpha value is -1.23. The van der Waals surface area contributed by atoms with Crippen molar-refractivity contribution in [1.29, 1.82) is 0 Å². The molecule has 0 spiro atoms. The summed E-state index contributed by atoms with van der Waals surface area (Å²) in [5.74, 6) is 0.809. The summed E-state index contributed by atoms with van der Waals surface area (Å²) in [5.41, 5.74) is 0. The summed E-state index contributed by atoms with van der Waals surface area (Å²) in [6.07, 6.45) is 1.15. The molecule has 2 heterocycles. The number of aromatic nitrogens is 2. The molecule has 0 amide bonds. The largest absolute Gasteiger partial charge is 0.380 e. The molecule has 14 heavy (non-hydrogen) atoms. The van der Waals surface area contributed by atoms with Crippen LogP contribution in [0.2, 0.25) is 0 Å². The first-order valence-electron chi connectivity index (χ1n) is 4.74. The van der Waals surface area contributed by atoms with Crippen molar-refractivity contribution in [3.63, 3.8) is 0 Å². The van der Waals surface area contributed by atoms with E-state index in [-0.39, 0.29) is 11.7 Å². The van der Waals surface area contributed by atoms with Crippen LogP contribution in [0.1, 0.15) is 31.0 Å². The number of carbonyl (C=O) groups is 1. The van der Waals surface area contributed by atoms with Crippen LogP contribution in [-0.2, 0) is 16.0 Å². The fraction of sp³-hybridized carbons (Fsp3) is 0.667. The summed E-state index contributed by atoms with van der Waals surface area (Å²) in [6, 6.07) is 0. The Morgan fingerprint density at radius 1 is 1.57 bits per heavy atom. The molecule has 1 fully saturated rings. The molecule has 0 radical (unpaired) electrons. The van der Waals surface area contributed by atoms with E-state index in [1.807, 2.05) is 6.92 Å². The molecule has 1 aliphatic rings. The summed E-state index contributed by atoms with van der Waals surface area (Å²) < 4.78 is 10.2. The number of hydrogen-bond acceptors (Lipinski definition) is 5. The number of aryl methyl sites for hydroxylation is 1. The van der Waals surface area contributed by atoms with E-state index in [1.54, 1.807) is 0 Å². The maximum atomic E-state index is 11.5. The Balaban J connectivity index is 2.16. The zero-order chi connectivity index (χ0) is 9.97. The third-order valence-corrected chi connectivity index (χ3v) is 2.26. The molecule has 0 aromatic carbocycles. The van der Waals surface area contributed by atoms with Crippen LogP contribution < -0.4 is 0 Å². The molecule has 0 bridgehead atoms. The van der Waals surface area contributed by atoms with E-state index >= 15 is 0 Å². The van der Waals surface area contributed by atoms with Crippen LogP contribution >= 0.6 is 0 Å². The fourth-order valence-electron chi connectivity index (χ4n) is 1.40. The lowest BCUT2D eigenvalue weighted by Crippen LogP contribution is -2.25. The standard InChI is InChI=1S/C9H12N2O3/c1-2-8-10-9(14-11-8)6-5-13-4-3-7(6)12/h6H,2-5H2,1H3. The van der Waals surface area contributed by atoms with E-state index in [2.05, 4.69) is 10.1 Å². The van der Waals surface area contributed by atoms with Crippen molar-refractivity contribution in [1.82, 2.24) is 10.1 Å². The molecule has 5 heteroatoms. The number of rotatable bonds is 2. The molecule has 1 aliphatic heterocycles. The van der Waals surface area contributed by atoms with Gasteiger partial charge in [0.15, 0.2) is 5.82 Å². The smallest absolute Gasteiger partial charge is 0.239 e. The Labute approximate surface area is 81.4 Å². The predicted octanol–water partition coefficient (Wildman–Crippen LogP) is 0.705. The van der Waals surface area contributed by atoms with Crippen molar-refractivity contribution < 1.29 is 14.1 Å². The number of Topliss-reactive ketones (excluding diaryl/α,β-unsaturated/α-hetero) is 1. The summed E-state index contributed by atoms with van der Waals surface area (Å²) in [5, 5.41) is 3.75. The molecule has 1 unspecified atom stereocenters. The first-order chi connectivity index (χ1) is 6.81. The molecule has 0 saturated carbocycles. The molecule has 0 aliphatic carbocycles. The van der Waals surface area contributed by atoms with Crippen LogP contribution in [-0.4, -0.2) is 29.1 Å². The minimum absolute atomic E-state index is 0.127. The third kappa shape index (κ3) is 1.68. The van der Waals surface area contributed by atoms with Crippen LogP contribution in [0, 0.1) is 0 Å². The third-order valence-electron chi connectivity index (χ3n) is 2.26. The van der Waals surface area contributed by atoms with E-state index in [0.29, 0.717) is 37.8 Å². The van der Waals surface area contributed by atoms with Gasteiger partial charge in [0.1, 0.15) is 11.7 Å². The molecule has 2 rings (SSSR count). The van der Waals surface area contributed by atoms with E-state index in [0.717, 1.165) is 0 Å². The van der Waals surface area contributed by atoms with Gasteiger partial charge in [-0.2, -0.15) is 4.98 Å². The zero-order valence-corrected chi connectivity index (χ0v) is 8.02. The highest BCUT2D eigenvalue weighted by atomic mass is 16.5. The lowest BCUT2D eigenvalue weighted by molar-refractivity contribution is -0.127. The average molecular weight is 196 g/mol. The van der Waals surface area contributed by atoms with Crippen LogP contribution in [0.4, 0.5) is 0 Å². The molecular formula is C9H12N2O3. The molecule has 1 saturated heterocycles. The number of nitrogens with zero attached hydrogens (tertiary/aromatic N) is 2. The summed E-state index contributed by atoms with van der Waals surface area (Å²) in [6.45, 7) is 2.81. The van der Waals surface area contributed by atoms with Crippen molar-refractivity contribution in [2.45, 2.75) is 25.7 Å². The van der Waals surface area contributed by atoms with Gasteiger partial charge < -0.3 is 9.26 Å². The Bertz CT molecular complexity index is 335. The van der Waals surface area contributed by atoms with E-state index in [9.17, 15) is 4.79 Å². The lowest BCUT2D eigenvalue weighted by Gasteiger charge is -2.16. The van der Waals surface area contributed by atoms with E-state index in [1.165, 1.54) is 0 Å². The normalized spacial score (nSPS) is 22.6. The van der Waals surface area contributed by atoms with Crippen LogP contribution in [0.5, 0.6) is 0 Å². The minimum atomic E-state index is -0.350. The van der Waals surface area contributed by atoms with Crippen molar-refractivity contribution in [3.8, 4) is 0 Å². The molecule has 5 nitrogen and oxygen atoms in total. The highest BCUT2D eigenvalue weighted by Crippen LogP contribution is 2.20. The fourth-order valence-corrected chi connectivity index (χ4v) is 1.40. The van der Waals surface area contributed by atoms with Gasteiger partial charge in [-0.1, -0.05) is 12.1 Å². The quantitative estimate of drug-likeness (QED) is 0.696. The summed E-state index contributed by atoms with van der Waals surface area (Å²) in [4.78, 5) is 15.6. The second kappa shape index (κ2) is 3.88. The van der Waals surface area contributed by atoms with Crippen LogP contribution in [0.25, 0.3) is 0 Å². The number of ether oxygens (including phenoxy) is 1. The van der Waals surface area contributed by atoms with Gasteiger partial charge in [-0.25, -0.2) is 0 Å². The zero-order valence-electron chi connectivity index (χ0n) is 8.02. The van der Waals surface area contributed by atoms with Gasteiger partial charge in [0, 0.05) is 12.8 Å². The van der Waals surface area contributed by atoms with Gasteiger partial charge in [0.05, 0.1) is 13.2 Å². The first-order valence-corrected chi connectivity index (χ1v) is 4.74. The van der Waals surface area contributed by atoms with Gasteiger partial charge in [0.25, 0.3) is 0 Å². The van der Waals surface area contributed by atoms with E-state index in [4.69, 9.17) is 9.26 Å². The predicted molar refractivity (Wildman–Crippen MR) is 46.9 cm³/mol. The second-order valence-electron chi connectivity index (χ2n) is 3.25. The molecule has 76 valence electrons. The number of carbonyl (C=O) groups excluding carboxylic acids is 1. The summed E-state index contributed by atoms with van der Waals surface area (Å²) >= 11 is 0. The lowest BCUT2D eigenvalue weighted by atomic mass is 10.0. The van der Waals surface area contributed by atoms with E-state index < -0.39 is 0 Å². The molecular weight excluding hydrogens is 184 g/mol. The van der Waals surface area contributed by atoms with Crippen molar-refractivity contribution in [3.05, 3.63) is 11.7 Å². The van der Waals surface area contributed by atoms with Gasteiger partial charge in [-0.15, -0.1) is 0 Å². The van der Waals surface area contributed by atoms with Crippen molar-refractivity contribution in [2.24, 2.45) is 0 Å². The van der Waals surface area contributed by atoms with Crippen LogP contribution in [0.3, 0.4) is 0 Å². The molecule has 1 atom stereocenters. The van der Waals surface area contributed by atoms with Gasteiger partial charge in [0.2, 0.25) is 5.89 Å². The maximum Gasteiger partial charge on any atom is 0.239 e.